The van der Waals surface area contributed by atoms with Gasteiger partial charge in [0.1, 0.15) is 12.4 Å². The van der Waals surface area contributed by atoms with E-state index in [2.05, 4.69) is 15.6 Å². The van der Waals surface area contributed by atoms with E-state index in [4.69, 9.17) is 4.74 Å². The molecule has 1 aromatic carbocycles. The average molecular weight is 360 g/mol. The molecule has 3 amide bonds. The highest BCUT2D eigenvalue weighted by Gasteiger charge is 2.22. The number of amides is 3. The Morgan fingerprint density at radius 1 is 1.23 bits per heavy atom. The van der Waals surface area contributed by atoms with Crippen molar-refractivity contribution >= 4 is 28.9 Å². The van der Waals surface area contributed by atoms with Crippen molar-refractivity contribution in [1.29, 1.82) is 0 Å². The number of nitrogens with one attached hydrogen (secondary N) is 2. The van der Waals surface area contributed by atoms with Gasteiger partial charge in [-0.25, -0.2) is 9.78 Å². The van der Waals surface area contributed by atoms with Crippen LogP contribution < -0.4 is 10.6 Å². The van der Waals surface area contributed by atoms with Crippen LogP contribution in [0, 0.1) is 6.92 Å². The number of ether oxygens (including phenoxy) is 1. The van der Waals surface area contributed by atoms with Gasteiger partial charge in [-0.1, -0.05) is 12.1 Å². The summed E-state index contributed by atoms with van der Waals surface area (Å²) in [7, 11) is 0. The molecule has 140 valence electrons. The summed E-state index contributed by atoms with van der Waals surface area (Å²) in [6.45, 7) is 8.50. The zero-order valence-corrected chi connectivity index (χ0v) is 15.6. The van der Waals surface area contributed by atoms with Gasteiger partial charge in [0, 0.05) is 5.54 Å². The summed E-state index contributed by atoms with van der Waals surface area (Å²) in [5, 5.41) is 4.75. The summed E-state index contributed by atoms with van der Waals surface area (Å²) in [5.74, 6) is -0.604. The number of imidazole rings is 1. The minimum Gasteiger partial charge on any atom is -0.451 e. The topological polar surface area (TPSA) is 102 Å². The lowest BCUT2D eigenvalue weighted by Gasteiger charge is -2.21. The molecule has 8 heteroatoms. The Labute approximate surface area is 151 Å². The molecule has 0 aliphatic heterocycles. The van der Waals surface area contributed by atoms with Crippen LogP contribution in [-0.2, 0) is 20.9 Å². The van der Waals surface area contributed by atoms with Crippen molar-refractivity contribution in [1.82, 2.24) is 20.2 Å². The summed E-state index contributed by atoms with van der Waals surface area (Å²) < 4.78 is 6.86. The molecular formula is C18H24N4O4. The number of nitrogens with zero attached hydrogens (tertiary/aromatic N) is 2. The number of esters is 1. The third kappa shape index (κ3) is 5.05. The second-order valence-electron chi connectivity index (χ2n) is 7.06. The molecule has 26 heavy (non-hydrogen) atoms. The third-order valence-electron chi connectivity index (χ3n) is 3.54. The van der Waals surface area contributed by atoms with Crippen LogP contribution in [0.4, 0.5) is 4.79 Å². The lowest BCUT2D eigenvalue weighted by atomic mass is 10.1. The van der Waals surface area contributed by atoms with Gasteiger partial charge in [0.15, 0.2) is 6.10 Å². The van der Waals surface area contributed by atoms with Gasteiger partial charge in [-0.3, -0.25) is 14.9 Å². The van der Waals surface area contributed by atoms with Gasteiger partial charge < -0.3 is 14.6 Å². The number of urea groups is 1. The fraction of sp³-hybridized carbons (Fsp3) is 0.444. The summed E-state index contributed by atoms with van der Waals surface area (Å²) in [6, 6.07) is 6.80. The summed E-state index contributed by atoms with van der Waals surface area (Å²) >= 11 is 0. The minimum atomic E-state index is -1.09. The van der Waals surface area contributed by atoms with E-state index in [0.29, 0.717) is 5.82 Å². The molecule has 1 heterocycles. The molecule has 1 aromatic heterocycles. The Morgan fingerprint density at radius 3 is 2.54 bits per heavy atom. The zero-order valence-electron chi connectivity index (χ0n) is 15.6. The lowest BCUT2D eigenvalue weighted by Crippen LogP contribution is -2.50. The summed E-state index contributed by atoms with van der Waals surface area (Å²) in [5.41, 5.74) is 1.11. The first kappa shape index (κ1) is 19.4. The number of carbonyl (C=O) groups is 3. The highest BCUT2D eigenvalue weighted by Crippen LogP contribution is 2.15. The number of aromatic nitrogens is 2. The molecule has 0 saturated carbocycles. The van der Waals surface area contributed by atoms with Crippen molar-refractivity contribution in [2.24, 2.45) is 0 Å². The first-order chi connectivity index (χ1) is 12.1. The predicted octanol–water partition coefficient (Wildman–Crippen LogP) is 1.90. The quantitative estimate of drug-likeness (QED) is 0.811. The van der Waals surface area contributed by atoms with Gasteiger partial charge in [-0.2, -0.15) is 0 Å². The van der Waals surface area contributed by atoms with Crippen molar-refractivity contribution in [2.75, 3.05) is 0 Å². The Hall–Kier alpha value is -2.90. The Morgan fingerprint density at radius 2 is 1.88 bits per heavy atom. The van der Waals surface area contributed by atoms with Crippen molar-refractivity contribution in [3.63, 3.8) is 0 Å². The molecule has 0 radical (unpaired) electrons. The third-order valence-corrected chi connectivity index (χ3v) is 3.54. The van der Waals surface area contributed by atoms with Gasteiger partial charge in [-0.15, -0.1) is 0 Å². The second kappa shape index (κ2) is 7.55. The normalized spacial score (nSPS) is 12.5. The molecule has 2 aromatic rings. The van der Waals surface area contributed by atoms with E-state index in [1.54, 1.807) is 32.3 Å². The van der Waals surface area contributed by atoms with Crippen LogP contribution in [0.1, 0.15) is 33.5 Å². The fourth-order valence-electron chi connectivity index (χ4n) is 2.40. The van der Waals surface area contributed by atoms with E-state index < -0.39 is 29.6 Å². The fourth-order valence-corrected chi connectivity index (χ4v) is 2.40. The largest absolute Gasteiger partial charge is 0.451 e. The molecule has 2 rings (SSSR count). The Balaban J connectivity index is 1.95. The molecule has 2 N–H and O–H groups in total. The van der Waals surface area contributed by atoms with Gasteiger partial charge in [-0.05, 0) is 46.8 Å². The summed E-state index contributed by atoms with van der Waals surface area (Å²) in [6.07, 6.45) is -1.09. The smallest absolute Gasteiger partial charge is 0.326 e. The molecular weight excluding hydrogens is 336 g/mol. The van der Waals surface area contributed by atoms with E-state index in [9.17, 15) is 14.4 Å². The Bertz CT molecular complexity index is 835. The molecule has 0 saturated heterocycles. The van der Waals surface area contributed by atoms with Gasteiger partial charge in [0.2, 0.25) is 0 Å². The number of para-hydroxylation sites is 2. The molecule has 0 aliphatic carbocycles. The second-order valence-corrected chi connectivity index (χ2v) is 7.06. The van der Waals surface area contributed by atoms with Crippen LogP contribution >= 0.6 is 0 Å². The molecule has 0 bridgehead atoms. The molecule has 0 fully saturated rings. The highest BCUT2D eigenvalue weighted by molar-refractivity contribution is 5.97. The maximum atomic E-state index is 12.2. The summed E-state index contributed by atoms with van der Waals surface area (Å²) in [4.78, 5) is 40.3. The Kier molecular flexibility index (Phi) is 5.64. The van der Waals surface area contributed by atoms with Crippen molar-refractivity contribution in [3.05, 3.63) is 30.1 Å². The van der Waals surface area contributed by atoms with Crippen LogP contribution in [0.25, 0.3) is 11.0 Å². The number of imide groups is 1. The van der Waals surface area contributed by atoms with E-state index in [-0.39, 0.29) is 6.54 Å². The van der Waals surface area contributed by atoms with Crippen LogP contribution in [0.2, 0.25) is 0 Å². The van der Waals surface area contributed by atoms with Crippen molar-refractivity contribution in [2.45, 2.75) is 52.8 Å². The monoisotopic (exact) mass is 360 g/mol. The molecule has 0 aliphatic rings. The number of rotatable bonds is 4. The average Bonchev–Trinajstić information content (AvgIpc) is 2.81. The maximum Gasteiger partial charge on any atom is 0.326 e. The highest BCUT2D eigenvalue weighted by atomic mass is 16.5. The maximum absolute atomic E-state index is 12.2. The minimum absolute atomic E-state index is 0.0713. The lowest BCUT2D eigenvalue weighted by molar-refractivity contribution is -0.155. The van der Waals surface area contributed by atoms with Crippen LogP contribution in [-0.4, -0.2) is 39.1 Å². The van der Waals surface area contributed by atoms with E-state index in [1.807, 2.05) is 24.3 Å². The van der Waals surface area contributed by atoms with Gasteiger partial charge in [0.25, 0.3) is 5.91 Å². The van der Waals surface area contributed by atoms with Crippen molar-refractivity contribution < 1.29 is 19.1 Å². The van der Waals surface area contributed by atoms with Crippen LogP contribution in [0.15, 0.2) is 24.3 Å². The zero-order chi connectivity index (χ0) is 19.5. The number of carbonyl (C=O) groups excluding carboxylic acids is 3. The van der Waals surface area contributed by atoms with Crippen LogP contribution in [0.3, 0.4) is 0 Å². The molecule has 1 atom stereocenters. The number of hydrogen-bond donors (Lipinski definition) is 2. The first-order valence-corrected chi connectivity index (χ1v) is 8.31. The van der Waals surface area contributed by atoms with Crippen molar-refractivity contribution in [3.8, 4) is 0 Å². The van der Waals surface area contributed by atoms with E-state index >= 15 is 0 Å². The number of hydrogen-bond acceptors (Lipinski definition) is 5. The number of aryl methyl sites for hydroxylation is 1. The van der Waals surface area contributed by atoms with E-state index in [0.717, 1.165) is 11.0 Å². The standard InChI is InChI=1S/C18H24N4O4/c1-11(16(24)20-17(25)21-18(3,4)5)26-15(23)10-22-12(2)19-13-8-6-7-9-14(13)22/h6-9,11H,10H2,1-5H3,(H2,20,21,24,25)/t11-/m1/s1. The van der Waals surface area contributed by atoms with Gasteiger partial charge in [0.05, 0.1) is 11.0 Å². The number of fused-ring (bicyclic) bond motifs is 1. The molecule has 8 nitrogen and oxygen atoms in total. The van der Waals surface area contributed by atoms with E-state index in [1.165, 1.54) is 6.92 Å². The van der Waals surface area contributed by atoms with Gasteiger partial charge >= 0.3 is 12.0 Å². The van der Waals surface area contributed by atoms with Crippen LogP contribution in [0.5, 0.6) is 0 Å². The SMILES string of the molecule is Cc1nc2ccccc2n1CC(=O)O[C@H](C)C(=O)NC(=O)NC(C)(C)C. The number of benzene rings is 1. The predicted molar refractivity (Wildman–Crippen MR) is 96.5 cm³/mol. The molecule has 0 spiro atoms. The molecule has 0 unspecified atom stereocenters. The first-order valence-electron chi connectivity index (χ1n) is 8.31.